The van der Waals surface area contributed by atoms with Crippen LogP contribution in [0.15, 0.2) is 24.8 Å². The standard InChI is InChI=1S/C12H14N4O2/c1-8-5-14-4-3-9(8)6-16-7-15-10(11(16)13)12(17)18-2/h3-5,7H,6,13H2,1-2H3. The Labute approximate surface area is 104 Å². The molecule has 0 radical (unpaired) electrons. The lowest BCUT2D eigenvalue weighted by molar-refractivity contribution is 0.0596. The first kappa shape index (κ1) is 12.1. The van der Waals surface area contributed by atoms with Crippen molar-refractivity contribution in [2.75, 3.05) is 12.8 Å². The summed E-state index contributed by atoms with van der Waals surface area (Å²) in [4.78, 5) is 19.4. The molecule has 94 valence electrons. The van der Waals surface area contributed by atoms with Gasteiger partial charge in [-0.3, -0.25) is 4.98 Å². The van der Waals surface area contributed by atoms with Crippen molar-refractivity contribution in [2.24, 2.45) is 0 Å². The number of aromatic nitrogens is 3. The van der Waals surface area contributed by atoms with E-state index in [9.17, 15) is 4.79 Å². The third kappa shape index (κ3) is 2.17. The number of carbonyl (C=O) groups is 1. The van der Waals surface area contributed by atoms with Crippen molar-refractivity contribution >= 4 is 11.8 Å². The van der Waals surface area contributed by atoms with Crippen LogP contribution >= 0.6 is 0 Å². The van der Waals surface area contributed by atoms with Gasteiger partial charge in [0.25, 0.3) is 0 Å². The van der Waals surface area contributed by atoms with E-state index in [-0.39, 0.29) is 5.69 Å². The lowest BCUT2D eigenvalue weighted by atomic mass is 10.1. The molecule has 2 N–H and O–H groups in total. The Kier molecular flexibility index (Phi) is 3.27. The number of anilines is 1. The third-order valence-corrected chi connectivity index (χ3v) is 2.73. The van der Waals surface area contributed by atoms with Crippen LogP contribution in [0.4, 0.5) is 5.82 Å². The van der Waals surface area contributed by atoms with E-state index in [1.807, 2.05) is 13.0 Å². The van der Waals surface area contributed by atoms with Gasteiger partial charge in [-0.05, 0) is 24.1 Å². The van der Waals surface area contributed by atoms with Crippen LogP contribution in [0.3, 0.4) is 0 Å². The van der Waals surface area contributed by atoms with E-state index in [0.717, 1.165) is 11.1 Å². The maximum absolute atomic E-state index is 11.4. The summed E-state index contributed by atoms with van der Waals surface area (Å²) in [6.45, 7) is 2.51. The summed E-state index contributed by atoms with van der Waals surface area (Å²) in [5.74, 6) is -0.226. The molecule has 0 atom stereocenters. The van der Waals surface area contributed by atoms with Crippen LogP contribution in [0.25, 0.3) is 0 Å². The largest absolute Gasteiger partial charge is 0.464 e. The molecule has 18 heavy (non-hydrogen) atoms. The van der Waals surface area contributed by atoms with Gasteiger partial charge in [-0.2, -0.15) is 0 Å². The minimum absolute atomic E-state index is 0.143. The number of esters is 1. The smallest absolute Gasteiger partial charge is 0.360 e. The van der Waals surface area contributed by atoms with Gasteiger partial charge in [-0.25, -0.2) is 9.78 Å². The Morgan fingerprint density at radius 1 is 1.56 bits per heavy atom. The number of ether oxygens (including phenoxy) is 1. The van der Waals surface area contributed by atoms with Crippen LogP contribution in [-0.2, 0) is 11.3 Å². The molecule has 0 aliphatic rings. The molecule has 6 nitrogen and oxygen atoms in total. The van der Waals surface area contributed by atoms with Crippen LogP contribution < -0.4 is 5.73 Å². The summed E-state index contributed by atoms with van der Waals surface area (Å²) >= 11 is 0. The van der Waals surface area contributed by atoms with Gasteiger partial charge in [0.15, 0.2) is 5.69 Å². The number of methoxy groups -OCH3 is 1. The third-order valence-electron chi connectivity index (χ3n) is 2.73. The highest BCUT2D eigenvalue weighted by Crippen LogP contribution is 2.15. The molecule has 2 heterocycles. The average Bonchev–Trinajstić information content (AvgIpc) is 2.73. The van der Waals surface area contributed by atoms with E-state index in [0.29, 0.717) is 12.4 Å². The molecule has 6 heteroatoms. The molecule has 0 spiro atoms. The zero-order valence-corrected chi connectivity index (χ0v) is 10.3. The summed E-state index contributed by atoms with van der Waals surface area (Å²) < 4.78 is 6.30. The van der Waals surface area contributed by atoms with Gasteiger partial charge in [-0.15, -0.1) is 0 Å². The van der Waals surface area contributed by atoms with E-state index in [4.69, 9.17) is 5.73 Å². The van der Waals surface area contributed by atoms with E-state index < -0.39 is 5.97 Å². The summed E-state index contributed by atoms with van der Waals surface area (Å²) in [5.41, 5.74) is 8.14. The molecule has 0 amide bonds. The molecule has 0 fully saturated rings. The van der Waals surface area contributed by atoms with Crippen molar-refractivity contribution in [3.63, 3.8) is 0 Å². The number of rotatable bonds is 3. The number of imidazole rings is 1. The van der Waals surface area contributed by atoms with Crippen LogP contribution in [-0.4, -0.2) is 27.6 Å². The lowest BCUT2D eigenvalue weighted by Gasteiger charge is -2.07. The molecule has 0 unspecified atom stereocenters. The second kappa shape index (κ2) is 4.87. The molecule has 2 aromatic heterocycles. The average molecular weight is 246 g/mol. The van der Waals surface area contributed by atoms with Gasteiger partial charge in [-0.1, -0.05) is 0 Å². The van der Waals surface area contributed by atoms with Gasteiger partial charge in [0.05, 0.1) is 20.0 Å². The molecule has 2 rings (SSSR count). The summed E-state index contributed by atoms with van der Waals surface area (Å²) in [7, 11) is 1.30. The number of carbonyl (C=O) groups excluding carboxylic acids is 1. The second-order valence-electron chi connectivity index (χ2n) is 3.90. The summed E-state index contributed by atoms with van der Waals surface area (Å²) in [6.07, 6.45) is 5.03. The molecular formula is C12H14N4O2. The van der Waals surface area contributed by atoms with Crippen molar-refractivity contribution in [3.8, 4) is 0 Å². The Morgan fingerprint density at radius 3 is 3.00 bits per heavy atom. The zero-order valence-electron chi connectivity index (χ0n) is 10.3. The summed E-state index contributed by atoms with van der Waals surface area (Å²) in [6, 6.07) is 1.91. The predicted octanol–water partition coefficient (Wildman–Crippen LogP) is 1.00. The van der Waals surface area contributed by atoms with Crippen molar-refractivity contribution in [1.29, 1.82) is 0 Å². The highest BCUT2D eigenvalue weighted by molar-refractivity contribution is 5.92. The fraction of sp³-hybridized carbons (Fsp3) is 0.250. The van der Waals surface area contributed by atoms with Gasteiger partial charge in [0.2, 0.25) is 0 Å². The number of pyridine rings is 1. The number of aryl methyl sites for hydroxylation is 1. The van der Waals surface area contributed by atoms with E-state index >= 15 is 0 Å². The molecule has 0 bridgehead atoms. The van der Waals surface area contributed by atoms with Crippen molar-refractivity contribution in [1.82, 2.24) is 14.5 Å². The van der Waals surface area contributed by atoms with Crippen LogP contribution in [0.1, 0.15) is 21.6 Å². The van der Waals surface area contributed by atoms with E-state index in [2.05, 4.69) is 14.7 Å². The molecule has 0 aliphatic heterocycles. The first-order valence-corrected chi connectivity index (χ1v) is 5.42. The maximum atomic E-state index is 11.4. The number of nitrogens with zero attached hydrogens (tertiary/aromatic N) is 3. The molecule has 0 aliphatic carbocycles. The quantitative estimate of drug-likeness (QED) is 0.817. The Balaban J connectivity index is 2.29. The molecule has 2 aromatic rings. The van der Waals surface area contributed by atoms with Gasteiger partial charge in [0.1, 0.15) is 5.82 Å². The van der Waals surface area contributed by atoms with Crippen molar-refractivity contribution < 1.29 is 9.53 Å². The molecule has 0 saturated heterocycles. The molecular weight excluding hydrogens is 232 g/mol. The van der Waals surface area contributed by atoms with Crippen LogP contribution in [0.5, 0.6) is 0 Å². The maximum Gasteiger partial charge on any atom is 0.360 e. The predicted molar refractivity (Wildman–Crippen MR) is 66.1 cm³/mol. The normalized spacial score (nSPS) is 10.3. The summed E-state index contributed by atoms with van der Waals surface area (Å²) in [5, 5.41) is 0. The fourth-order valence-corrected chi connectivity index (χ4v) is 1.63. The van der Waals surface area contributed by atoms with Crippen molar-refractivity contribution in [2.45, 2.75) is 13.5 Å². The minimum Gasteiger partial charge on any atom is -0.464 e. The Bertz CT molecular complexity index is 577. The fourth-order valence-electron chi connectivity index (χ4n) is 1.63. The first-order valence-electron chi connectivity index (χ1n) is 5.42. The van der Waals surface area contributed by atoms with E-state index in [1.54, 1.807) is 17.0 Å². The Hall–Kier alpha value is -2.37. The van der Waals surface area contributed by atoms with Crippen molar-refractivity contribution in [3.05, 3.63) is 41.6 Å². The topological polar surface area (TPSA) is 83.0 Å². The Morgan fingerprint density at radius 2 is 2.33 bits per heavy atom. The number of nitrogen functional groups attached to an aromatic ring is 1. The lowest BCUT2D eigenvalue weighted by Crippen LogP contribution is -2.09. The molecule has 0 saturated carbocycles. The highest BCUT2D eigenvalue weighted by atomic mass is 16.5. The second-order valence-corrected chi connectivity index (χ2v) is 3.90. The van der Waals surface area contributed by atoms with Crippen LogP contribution in [0.2, 0.25) is 0 Å². The van der Waals surface area contributed by atoms with Crippen LogP contribution in [0, 0.1) is 6.92 Å². The zero-order chi connectivity index (χ0) is 13.1. The van der Waals surface area contributed by atoms with Gasteiger partial charge in [0, 0.05) is 12.4 Å². The SMILES string of the molecule is COC(=O)c1ncn(Cc2ccncc2C)c1N. The molecule has 0 aromatic carbocycles. The number of nitrogens with two attached hydrogens (primary N) is 1. The van der Waals surface area contributed by atoms with E-state index in [1.165, 1.54) is 13.4 Å². The minimum atomic E-state index is -0.530. The van der Waals surface area contributed by atoms with Gasteiger partial charge < -0.3 is 15.0 Å². The van der Waals surface area contributed by atoms with Gasteiger partial charge >= 0.3 is 5.97 Å². The number of hydrogen-bond donors (Lipinski definition) is 1. The highest BCUT2D eigenvalue weighted by Gasteiger charge is 2.16. The monoisotopic (exact) mass is 246 g/mol. The number of hydrogen-bond acceptors (Lipinski definition) is 5. The first-order chi connectivity index (χ1) is 8.63.